The van der Waals surface area contributed by atoms with E-state index in [1.807, 2.05) is 13.0 Å². The maximum absolute atomic E-state index is 4.42. The molecule has 2 rings (SSSR count). The number of aromatic nitrogens is 2. The zero-order chi connectivity index (χ0) is 14.5. The lowest BCUT2D eigenvalue weighted by atomic mass is 10.1. The van der Waals surface area contributed by atoms with Gasteiger partial charge in [-0.1, -0.05) is 18.2 Å². The molecule has 0 aliphatic carbocycles. The normalized spacial score (nSPS) is 10.2. The monoisotopic (exact) mass is 268 g/mol. The first kappa shape index (κ1) is 14.1. The highest BCUT2D eigenvalue weighted by Crippen LogP contribution is 2.22. The van der Waals surface area contributed by atoms with E-state index in [-0.39, 0.29) is 0 Å². The third-order valence-electron chi connectivity index (χ3n) is 2.92. The molecule has 0 saturated heterocycles. The van der Waals surface area contributed by atoms with Crippen LogP contribution in [0, 0.1) is 20.8 Å². The Hall–Kier alpha value is -2.36. The van der Waals surface area contributed by atoms with Crippen LogP contribution < -0.4 is 10.6 Å². The number of rotatable bonds is 5. The van der Waals surface area contributed by atoms with Crippen molar-refractivity contribution in [1.82, 2.24) is 9.97 Å². The molecule has 0 aliphatic rings. The predicted octanol–water partition coefficient (Wildman–Crippen LogP) is 3.74. The predicted molar refractivity (Wildman–Crippen MR) is 84.7 cm³/mol. The fourth-order valence-electron chi connectivity index (χ4n) is 1.91. The van der Waals surface area contributed by atoms with E-state index in [2.05, 4.69) is 59.2 Å². The third-order valence-corrected chi connectivity index (χ3v) is 2.92. The van der Waals surface area contributed by atoms with Gasteiger partial charge in [0.25, 0.3) is 0 Å². The molecular formula is C16H20N4. The van der Waals surface area contributed by atoms with E-state index in [1.165, 1.54) is 11.1 Å². The number of hydrogen-bond donors (Lipinski definition) is 2. The molecule has 0 unspecified atom stereocenters. The van der Waals surface area contributed by atoms with Gasteiger partial charge in [0.05, 0.1) is 0 Å². The number of hydrogen-bond acceptors (Lipinski definition) is 4. The second kappa shape index (κ2) is 6.19. The summed E-state index contributed by atoms with van der Waals surface area (Å²) in [6.45, 7) is 10.4. The second-order valence-electron chi connectivity index (χ2n) is 4.80. The van der Waals surface area contributed by atoms with Crippen molar-refractivity contribution in [2.24, 2.45) is 0 Å². The first-order chi connectivity index (χ1) is 9.58. The van der Waals surface area contributed by atoms with Gasteiger partial charge < -0.3 is 10.6 Å². The van der Waals surface area contributed by atoms with Crippen molar-refractivity contribution in [2.45, 2.75) is 20.8 Å². The minimum absolute atomic E-state index is 0.680. The number of benzene rings is 1. The molecule has 1 heterocycles. The molecule has 4 nitrogen and oxygen atoms in total. The molecule has 0 amide bonds. The Morgan fingerprint density at radius 2 is 1.85 bits per heavy atom. The van der Waals surface area contributed by atoms with Crippen molar-refractivity contribution in [1.29, 1.82) is 0 Å². The highest BCUT2D eigenvalue weighted by Gasteiger charge is 2.04. The molecule has 20 heavy (non-hydrogen) atoms. The summed E-state index contributed by atoms with van der Waals surface area (Å²) < 4.78 is 0. The van der Waals surface area contributed by atoms with Crippen LogP contribution in [0.2, 0.25) is 0 Å². The van der Waals surface area contributed by atoms with Gasteiger partial charge in [0.1, 0.15) is 17.5 Å². The van der Waals surface area contributed by atoms with Crippen molar-refractivity contribution in [2.75, 3.05) is 17.2 Å². The standard InChI is InChI=1S/C16H20N4/c1-5-8-17-15-10-16(19-13(4)18-15)20-14-9-11(2)6-7-12(14)3/h5-7,9-10H,1,8H2,2-4H3,(H2,17,18,19,20). The fourth-order valence-corrected chi connectivity index (χ4v) is 1.91. The Morgan fingerprint density at radius 3 is 2.60 bits per heavy atom. The van der Waals surface area contributed by atoms with Crippen LogP contribution in [-0.4, -0.2) is 16.5 Å². The summed E-state index contributed by atoms with van der Waals surface area (Å²) in [6, 6.07) is 8.22. The van der Waals surface area contributed by atoms with Gasteiger partial charge in [0.15, 0.2) is 0 Å². The number of nitrogens with one attached hydrogen (secondary N) is 2. The van der Waals surface area contributed by atoms with Gasteiger partial charge in [0.2, 0.25) is 0 Å². The average molecular weight is 268 g/mol. The molecule has 0 bridgehead atoms. The van der Waals surface area contributed by atoms with Gasteiger partial charge in [-0.2, -0.15) is 0 Å². The summed E-state index contributed by atoms with van der Waals surface area (Å²) in [7, 11) is 0. The molecule has 4 heteroatoms. The van der Waals surface area contributed by atoms with Crippen LogP contribution in [0.4, 0.5) is 17.3 Å². The van der Waals surface area contributed by atoms with Gasteiger partial charge >= 0.3 is 0 Å². The van der Waals surface area contributed by atoms with Crippen LogP contribution >= 0.6 is 0 Å². The van der Waals surface area contributed by atoms with Gasteiger partial charge in [-0.15, -0.1) is 6.58 Å². The first-order valence-electron chi connectivity index (χ1n) is 6.63. The smallest absolute Gasteiger partial charge is 0.136 e. The summed E-state index contributed by atoms with van der Waals surface area (Å²) in [4.78, 5) is 8.76. The highest BCUT2D eigenvalue weighted by atomic mass is 15.1. The first-order valence-corrected chi connectivity index (χ1v) is 6.63. The molecule has 0 fully saturated rings. The topological polar surface area (TPSA) is 49.8 Å². The largest absolute Gasteiger partial charge is 0.366 e. The zero-order valence-electron chi connectivity index (χ0n) is 12.2. The van der Waals surface area contributed by atoms with E-state index in [0.29, 0.717) is 6.54 Å². The molecule has 2 aromatic rings. The Bertz CT molecular complexity index is 620. The summed E-state index contributed by atoms with van der Waals surface area (Å²) in [6.07, 6.45) is 1.80. The molecular weight excluding hydrogens is 248 g/mol. The van der Waals surface area contributed by atoms with Crippen molar-refractivity contribution >= 4 is 17.3 Å². The molecule has 0 atom stereocenters. The van der Waals surface area contributed by atoms with Crippen molar-refractivity contribution < 1.29 is 0 Å². The van der Waals surface area contributed by atoms with E-state index in [0.717, 1.165) is 23.1 Å². The number of anilines is 3. The van der Waals surface area contributed by atoms with Gasteiger partial charge in [0, 0.05) is 18.3 Å². The van der Waals surface area contributed by atoms with E-state index in [4.69, 9.17) is 0 Å². The maximum Gasteiger partial charge on any atom is 0.136 e. The van der Waals surface area contributed by atoms with E-state index < -0.39 is 0 Å². The summed E-state index contributed by atoms with van der Waals surface area (Å²) in [5.74, 6) is 2.31. The van der Waals surface area contributed by atoms with Crippen molar-refractivity contribution in [3.8, 4) is 0 Å². The quantitative estimate of drug-likeness (QED) is 0.811. The van der Waals surface area contributed by atoms with Gasteiger partial charge in [-0.3, -0.25) is 0 Å². The van der Waals surface area contributed by atoms with Crippen LogP contribution in [0.3, 0.4) is 0 Å². The minimum atomic E-state index is 0.680. The lowest BCUT2D eigenvalue weighted by Gasteiger charge is -2.12. The lowest BCUT2D eigenvalue weighted by molar-refractivity contribution is 1.05. The fraction of sp³-hybridized carbons (Fsp3) is 0.250. The summed E-state index contributed by atoms with van der Waals surface area (Å²) in [5, 5.41) is 6.53. The van der Waals surface area contributed by atoms with Crippen molar-refractivity contribution in [3.05, 3.63) is 53.9 Å². The average Bonchev–Trinajstić information content (AvgIpc) is 2.40. The Balaban J connectivity index is 2.26. The van der Waals surface area contributed by atoms with Gasteiger partial charge in [-0.25, -0.2) is 9.97 Å². The molecule has 0 spiro atoms. The SMILES string of the molecule is C=CCNc1cc(Nc2cc(C)ccc2C)nc(C)n1. The maximum atomic E-state index is 4.42. The van der Waals surface area contributed by atoms with E-state index >= 15 is 0 Å². The molecule has 0 aliphatic heterocycles. The van der Waals surface area contributed by atoms with Crippen LogP contribution in [0.25, 0.3) is 0 Å². The summed E-state index contributed by atoms with van der Waals surface area (Å²) >= 11 is 0. The molecule has 2 N–H and O–H groups in total. The van der Waals surface area contributed by atoms with E-state index in [1.54, 1.807) is 6.08 Å². The van der Waals surface area contributed by atoms with Crippen LogP contribution in [0.5, 0.6) is 0 Å². The number of nitrogens with zero attached hydrogens (tertiary/aromatic N) is 2. The van der Waals surface area contributed by atoms with Crippen LogP contribution in [0.15, 0.2) is 36.9 Å². The third kappa shape index (κ3) is 3.57. The van der Waals surface area contributed by atoms with E-state index in [9.17, 15) is 0 Å². The molecule has 0 radical (unpaired) electrons. The molecule has 0 saturated carbocycles. The second-order valence-corrected chi connectivity index (χ2v) is 4.80. The Labute approximate surface area is 120 Å². The summed E-state index contributed by atoms with van der Waals surface area (Å²) in [5.41, 5.74) is 3.47. The zero-order valence-corrected chi connectivity index (χ0v) is 12.2. The Morgan fingerprint density at radius 1 is 1.10 bits per heavy atom. The van der Waals surface area contributed by atoms with Crippen molar-refractivity contribution in [3.63, 3.8) is 0 Å². The molecule has 1 aromatic heterocycles. The highest BCUT2D eigenvalue weighted by molar-refractivity contribution is 5.63. The van der Waals surface area contributed by atoms with Crippen LogP contribution in [-0.2, 0) is 0 Å². The van der Waals surface area contributed by atoms with Gasteiger partial charge in [-0.05, 0) is 38.0 Å². The minimum Gasteiger partial charge on any atom is -0.366 e. The molecule has 104 valence electrons. The lowest BCUT2D eigenvalue weighted by Crippen LogP contribution is -2.05. The van der Waals surface area contributed by atoms with Crippen LogP contribution in [0.1, 0.15) is 17.0 Å². The Kier molecular flexibility index (Phi) is 4.35. The number of aryl methyl sites for hydroxylation is 3. The molecule has 1 aromatic carbocycles.